The number of rotatable bonds is 2. The number of methoxy groups -OCH3 is 1. The van der Waals surface area contributed by atoms with E-state index in [0.29, 0.717) is 6.54 Å². The van der Waals surface area contributed by atoms with Gasteiger partial charge in [0.15, 0.2) is 0 Å². The number of nitrogens with one attached hydrogen (secondary N) is 1. The average molecular weight is 362 g/mol. The number of amides is 1. The third kappa shape index (κ3) is 3.20. The number of H-pyrrole nitrogens is 1. The van der Waals surface area contributed by atoms with Crippen molar-refractivity contribution in [3.8, 4) is 5.75 Å². The van der Waals surface area contributed by atoms with Crippen LogP contribution in [0.1, 0.15) is 48.0 Å². The molecule has 4 rings (SSSR count). The maximum Gasteiger partial charge on any atom is 0.254 e. The first-order valence-corrected chi connectivity index (χ1v) is 9.44. The lowest BCUT2D eigenvalue weighted by Gasteiger charge is -2.27. The summed E-state index contributed by atoms with van der Waals surface area (Å²) >= 11 is 0. The molecular formula is C23H26N2O2. The van der Waals surface area contributed by atoms with Gasteiger partial charge >= 0.3 is 0 Å². The van der Waals surface area contributed by atoms with Gasteiger partial charge in [0, 0.05) is 28.7 Å². The van der Waals surface area contributed by atoms with E-state index >= 15 is 0 Å². The number of ether oxygens (including phenoxy) is 1. The predicted octanol–water partition coefficient (Wildman–Crippen LogP) is 4.67. The summed E-state index contributed by atoms with van der Waals surface area (Å²) in [5.74, 6) is 0.957. The Labute approximate surface area is 160 Å². The van der Waals surface area contributed by atoms with Crippen LogP contribution >= 0.6 is 0 Å². The van der Waals surface area contributed by atoms with Crippen LogP contribution in [0.4, 0.5) is 0 Å². The Bertz CT molecular complexity index is 994. The van der Waals surface area contributed by atoms with Gasteiger partial charge in [0.1, 0.15) is 5.75 Å². The fourth-order valence-electron chi connectivity index (χ4n) is 3.82. The zero-order chi connectivity index (χ0) is 19.2. The Morgan fingerprint density at radius 2 is 1.85 bits per heavy atom. The van der Waals surface area contributed by atoms with Crippen molar-refractivity contribution in [3.63, 3.8) is 0 Å². The Hall–Kier alpha value is -2.75. The molecule has 0 bridgehead atoms. The molecule has 1 aliphatic rings. The molecule has 0 aliphatic carbocycles. The summed E-state index contributed by atoms with van der Waals surface area (Å²) in [6.07, 6.45) is 0.855. The van der Waals surface area contributed by atoms with Crippen LogP contribution < -0.4 is 4.74 Å². The number of carbonyl (C=O) groups excluding carboxylic acids is 1. The van der Waals surface area contributed by atoms with Crippen LogP contribution in [-0.2, 0) is 18.4 Å². The van der Waals surface area contributed by atoms with E-state index in [1.54, 1.807) is 7.11 Å². The van der Waals surface area contributed by atoms with Gasteiger partial charge in [-0.15, -0.1) is 0 Å². The molecule has 4 heteroatoms. The van der Waals surface area contributed by atoms with Crippen LogP contribution in [-0.4, -0.2) is 29.4 Å². The standard InChI is InChI=1S/C23H26N2O2/c1-23(2,3)16-7-5-15(6-8-16)22(26)25-12-11-18-19-13-17(27-4)9-10-20(19)24-21(18)14-25/h5-10,13,24H,11-12,14H2,1-4H3. The van der Waals surface area contributed by atoms with E-state index in [2.05, 4.69) is 44.0 Å². The van der Waals surface area contributed by atoms with Crippen molar-refractivity contribution in [1.82, 2.24) is 9.88 Å². The normalized spacial score (nSPS) is 14.3. The van der Waals surface area contributed by atoms with Crippen LogP contribution in [0.2, 0.25) is 0 Å². The maximum absolute atomic E-state index is 13.0. The first-order valence-electron chi connectivity index (χ1n) is 9.44. The van der Waals surface area contributed by atoms with E-state index in [9.17, 15) is 4.79 Å². The minimum Gasteiger partial charge on any atom is -0.497 e. The van der Waals surface area contributed by atoms with Gasteiger partial charge in [-0.1, -0.05) is 32.9 Å². The summed E-state index contributed by atoms with van der Waals surface area (Å²) in [4.78, 5) is 18.4. The van der Waals surface area contributed by atoms with Crippen LogP contribution in [0, 0.1) is 0 Å². The molecule has 4 nitrogen and oxygen atoms in total. The fraction of sp³-hybridized carbons (Fsp3) is 0.348. The van der Waals surface area contributed by atoms with Gasteiger partial charge in [-0.05, 0) is 53.3 Å². The lowest BCUT2D eigenvalue weighted by molar-refractivity contribution is 0.0733. The van der Waals surface area contributed by atoms with Crippen LogP contribution in [0.5, 0.6) is 5.75 Å². The van der Waals surface area contributed by atoms with Gasteiger partial charge in [0.2, 0.25) is 0 Å². The van der Waals surface area contributed by atoms with Gasteiger partial charge in [0.25, 0.3) is 5.91 Å². The minimum atomic E-state index is 0.0903. The summed E-state index contributed by atoms with van der Waals surface area (Å²) in [6.45, 7) is 7.89. The zero-order valence-electron chi connectivity index (χ0n) is 16.4. The molecule has 0 fully saturated rings. The topological polar surface area (TPSA) is 45.3 Å². The molecule has 0 unspecified atom stereocenters. The molecule has 0 saturated heterocycles. The molecule has 1 aliphatic heterocycles. The van der Waals surface area contributed by atoms with Crippen molar-refractivity contribution in [2.45, 2.75) is 39.2 Å². The first-order chi connectivity index (χ1) is 12.9. The molecule has 0 atom stereocenters. The first kappa shape index (κ1) is 17.7. The Kier molecular flexibility index (Phi) is 4.22. The molecule has 3 aromatic rings. The molecule has 1 amide bonds. The van der Waals surface area contributed by atoms with Crippen molar-refractivity contribution in [1.29, 1.82) is 0 Å². The van der Waals surface area contributed by atoms with Crippen LogP contribution in [0.15, 0.2) is 42.5 Å². The Balaban J connectivity index is 1.58. The number of nitrogens with zero attached hydrogens (tertiary/aromatic N) is 1. The van der Waals surface area contributed by atoms with Crippen molar-refractivity contribution in [2.24, 2.45) is 0 Å². The second-order valence-electron chi connectivity index (χ2n) is 8.30. The van der Waals surface area contributed by atoms with E-state index in [1.165, 1.54) is 16.5 Å². The largest absolute Gasteiger partial charge is 0.497 e. The van der Waals surface area contributed by atoms with Gasteiger partial charge in [-0.3, -0.25) is 4.79 Å². The predicted molar refractivity (Wildman–Crippen MR) is 108 cm³/mol. The fourth-order valence-corrected chi connectivity index (χ4v) is 3.82. The molecule has 2 aromatic carbocycles. The number of aromatic nitrogens is 1. The molecule has 2 heterocycles. The van der Waals surface area contributed by atoms with Crippen molar-refractivity contribution >= 4 is 16.8 Å². The Morgan fingerprint density at radius 1 is 1.11 bits per heavy atom. The summed E-state index contributed by atoms with van der Waals surface area (Å²) in [5.41, 5.74) is 5.62. The van der Waals surface area contributed by atoms with E-state index < -0.39 is 0 Å². The molecule has 140 valence electrons. The SMILES string of the molecule is COc1ccc2[nH]c3c(c2c1)CCN(C(=O)c1ccc(C(C)(C)C)cc1)C3. The highest BCUT2D eigenvalue weighted by molar-refractivity contribution is 5.95. The van der Waals surface area contributed by atoms with Crippen LogP contribution in [0.25, 0.3) is 10.9 Å². The second kappa shape index (κ2) is 6.45. The highest BCUT2D eigenvalue weighted by atomic mass is 16.5. The average Bonchev–Trinajstić information content (AvgIpc) is 3.03. The summed E-state index contributed by atoms with van der Waals surface area (Å²) in [6, 6.07) is 14.1. The number of carbonyl (C=O) groups is 1. The lowest BCUT2D eigenvalue weighted by Crippen LogP contribution is -2.35. The summed E-state index contributed by atoms with van der Waals surface area (Å²) < 4.78 is 5.35. The summed E-state index contributed by atoms with van der Waals surface area (Å²) in [5, 5.41) is 1.20. The highest BCUT2D eigenvalue weighted by Gasteiger charge is 2.25. The number of hydrogen-bond donors (Lipinski definition) is 1. The van der Waals surface area contributed by atoms with Crippen LogP contribution in [0.3, 0.4) is 0 Å². The quantitative estimate of drug-likeness (QED) is 0.720. The molecule has 0 spiro atoms. The maximum atomic E-state index is 13.0. The molecular weight excluding hydrogens is 336 g/mol. The Morgan fingerprint density at radius 3 is 2.52 bits per heavy atom. The molecule has 27 heavy (non-hydrogen) atoms. The number of benzene rings is 2. The number of aromatic amines is 1. The van der Waals surface area contributed by atoms with E-state index in [4.69, 9.17) is 4.74 Å². The smallest absolute Gasteiger partial charge is 0.254 e. The number of fused-ring (bicyclic) bond motifs is 3. The third-order valence-electron chi connectivity index (χ3n) is 5.47. The molecule has 1 aromatic heterocycles. The summed E-state index contributed by atoms with van der Waals surface area (Å²) in [7, 11) is 1.69. The highest BCUT2D eigenvalue weighted by Crippen LogP contribution is 2.31. The van der Waals surface area contributed by atoms with Crippen molar-refractivity contribution < 1.29 is 9.53 Å². The minimum absolute atomic E-state index is 0.0903. The number of hydrogen-bond acceptors (Lipinski definition) is 2. The van der Waals surface area contributed by atoms with E-state index in [1.807, 2.05) is 29.2 Å². The van der Waals surface area contributed by atoms with E-state index in [0.717, 1.165) is 35.5 Å². The van der Waals surface area contributed by atoms with E-state index in [-0.39, 0.29) is 11.3 Å². The monoisotopic (exact) mass is 362 g/mol. The van der Waals surface area contributed by atoms with Gasteiger partial charge in [-0.2, -0.15) is 0 Å². The van der Waals surface area contributed by atoms with Crippen molar-refractivity contribution in [2.75, 3.05) is 13.7 Å². The zero-order valence-corrected chi connectivity index (χ0v) is 16.4. The third-order valence-corrected chi connectivity index (χ3v) is 5.47. The molecule has 0 saturated carbocycles. The van der Waals surface area contributed by atoms with Gasteiger partial charge in [0.05, 0.1) is 13.7 Å². The lowest BCUT2D eigenvalue weighted by atomic mass is 9.86. The molecule has 0 radical (unpaired) electrons. The second-order valence-corrected chi connectivity index (χ2v) is 8.30. The van der Waals surface area contributed by atoms with Gasteiger partial charge < -0.3 is 14.6 Å². The van der Waals surface area contributed by atoms with Gasteiger partial charge in [-0.25, -0.2) is 0 Å². The van der Waals surface area contributed by atoms with Crippen molar-refractivity contribution in [3.05, 3.63) is 64.8 Å². The molecule has 1 N–H and O–H groups in total.